The van der Waals surface area contributed by atoms with Gasteiger partial charge in [0.1, 0.15) is 5.75 Å². The lowest BCUT2D eigenvalue weighted by molar-refractivity contribution is 0.102. The number of anilines is 1. The number of rotatable bonds is 6. The highest BCUT2D eigenvalue weighted by molar-refractivity contribution is 6.31. The molecule has 4 nitrogen and oxygen atoms in total. The highest BCUT2D eigenvalue weighted by atomic mass is 35.5. The number of benzene rings is 2. The van der Waals surface area contributed by atoms with E-state index in [9.17, 15) is 4.79 Å². The normalized spacial score (nSPS) is 10.4. The number of halogens is 1. The summed E-state index contributed by atoms with van der Waals surface area (Å²) in [6, 6.07) is 10.7. The van der Waals surface area contributed by atoms with Gasteiger partial charge >= 0.3 is 0 Å². The van der Waals surface area contributed by atoms with Crippen molar-refractivity contribution < 1.29 is 14.3 Å². The molecule has 0 aliphatic rings. The monoisotopic (exact) mass is 333 g/mol. The lowest BCUT2D eigenvalue weighted by Crippen LogP contribution is -2.13. The summed E-state index contributed by atoms with van der Waals surface area (Å²) in [5, 5.41) is 3.46. The van der Waals surface area contributed by atoms with E-state index in [1.54, 1.807) is 37.4 Å². The van der Waals surface area contributed by atoms with Crippen LogP contribution in [0.25, 0.3) is 0 Å². The molecule has 0 saturated carbocycles. The van der Waals surface area contributed by atoms with E-state index in [1.807, 2.05) is 19.9 Å². The largest absolute Gasteiger partial charge is 0.496 e. The van der Waals surface area contributed by atoms with Gasteiger partial charge in [0.05, 0.1) is 13.7 Å². The van der Waals surface area contributed by atoms with E-state index in [-0.39, 0.29) is 5.91 Å². The van der Waals surface area contributed by atoms with Crippen LogP contribution in [0.4, 0.5) is 5.69 Å². The Kier molecular flexibility index (Phi) is 6.02. The second kappa shape index (κ2) is 7.99. The number of carbonyl (C=O) groups is 1. The smallest absolute Gasteiger partial charge is 0.255 e. The molecule has 0 aliphatic heterocycles. The predicted octanol–water partition coefficient (Wildman–Crippen LogP) is 4.45. The van der Waals surface area contributed by atoms with Crippen molar-refractivity contribution >= 4 is 23.2 Å². The zero-order chi connectivity index (χ0) is 16.8. The molecule has 2 aromatic carbocycles. The molecule has 0 heterocycles. The maximum absolute atomic E-state index is 12.5. The molecular formula is C18H20ClNO3. The molecule has 1 N–H and O–H groups in total. The van der Waals surface area contributed by atoms with E-state index in [2.05, 4.69) is 5.32 Å². The fraction of sp³-hybridized carbons (Fsp3) is 0.278. The van der Waals surface area contributed by atoms with Crippen LogP contribution < -0.4 is 10.1 Å². The van der Waals surface area contributed by atoms with Gasteiger partial charge in [-0.25, -0.2) is 0 Å². The number of hydrogen-bond donors (Lipinski definition) is 1. The molecule has 0 aliphatic carbocycles. The average molecular weight is 334 g/mol. The first-order valence-electron chi connectivity index (χ1n) is 7.37. The average Bonchev–Trinajstić information content (AvgIpc) is 2.55. The highest BCUT2D eigenvalue weighted by Crippen LogP contribution is 2.23. The summed E-state index contributed by atoms with van der Waals surface area (Å²) in [6.45, 7) is 4.84. The molecule has 0 fully saturated rings. The van der Waals surface area contributed by atoms with Gasteiger partial charge in [-0.05, 0) is 49.7 Å². The molecule has 0 atom stereocenters. The van der Waals surface area contributed by atoms with Crippen LogP contribution in [0.15, 0.2) is 36.4 Å². The lowest BCUT2D eigenvalue weighted by Gasteiger charge is -2.12. The van der Waals surface area contributed by atoms with Crippen molar-refractivity contribution in [2.75, 3.05) is 19.0 Å². The van der Waals surface area contributed by atoms with Crippen molar-refractivity contribution in [2.24, 2.45) is 0 Å². The van der Waals surface area contributed by atoms with Gasteiger partial charge in [-0.3, -0.25) is 4.79 Å². The van der Waals surface area contributed by atoms with Crippen LogP contribution in [-0.4, -0.2) is 19.6 Å². The van der Waals surface area contributed by atoms with E-state index >= 15 is 0 Å². The van der Waals surface area contributed by atoms with Crippen molar-refractivity contribution in [1.29, 1.82) is 0 Å². The summed E-state index contributed by atoms with van der Waals surface area (Å²) >= 11 is 5.98. The predicted molar refractivity (Wildman–Crippen MR) is 92.5 cm³/mol. The number of methoxy groups -OCH3 is 1. The van der Waals surface area contributed by atoms with E-state index < -0.39 is 0 Å². The number of ether oxygens (including phenoxy) is 2. The number of amides is 1. The number of hydrogen-bond acceptors (Lipinski definition) is 3. The second-order valence-corrected chi connectivity index (χ2v) is 5.51. The van der Waals surface area contributed by atoms with Crippen molar-refractivity contribution in [2.45, 2.75) is 20.5 Å². The zero-order valence-electron chi connectivity index (χ0n) is 13.5. The third kappa shape index (κ3) is 4.47. The van der Waals surface area contributed by atoms with Crippen molar-refractivity contribution in [3.05, 3.63) is 58.1 Å². The Morgan fingerprint density at radius 3 is 2.70 bits per heavy atom. The summed E-state index contributed by atoms with van der Waals surface area (Å²) in [5.41, 5.74) is 3.03. The SMILES string of the molecule is CCOCc1cc(C(=O)Nc2cc(Cl)ccc2C)ccc1OC. The first kappa shape index (κ1) is 17.3. The molecule has 5 heteroatoms. The van der Waals surface area contributed by atoms with Crippen LogP contribution in [0, 0.1) is 6.92 Å². The van der Waals surface area contributed by atoms with Gasteiger partial charge in [-0.2, -0.15) is 0 Å². The van der Waals surface area contributed by atoms with Gasteiger partial charge < -0.3 is 14.8 Å². The molecule has 122 valence electrons. The Hall–Kier alpha value is -2.04. The fourth-order valence-electron chi connectivity index (χ4n) is 2.17. The summed E-state index contributed by atoms with van der Waals surface area (Å²) in [5.74, 6) is 0.504. The maximum Gasteiger partial charge on any atom is 0.255 e. The fourth-order valence-corrected chi connectivity index (χ4v) is 2.34. The van der Waals surface area contributed by atoms with Gasteiger partial charge in [0, 0.05) is 28.4 Å². The van der Waals surface area contributed by atoms with Gasteiger partial charge in [0.2, 0.25) is 0 Å². The molecule has 0 bridgehead atoms. The number of aryl methyl sites for hydroxylation is 1. The van der Waals surface area contributed by atoms with E-state index in [1.165, 1.54) is 0 Å². The molecule has 0 spiro atoms. The molecule has 0 radical (unpaired) electrons. The summed E-state index contributed by atoms with van der Waals surface area (Å²) < 4.78 is 10.7. The topological polar surface area (TPSA) is 47.6 Å². The Morgan fingerprint density at radius 2 is 2.00 bits per heavy atom. The first-order chi connectivity index (χ1) is 11.0. The Bertz CT molecular complexity index is 701. The van der Waals surface area contributed by atoms with E-state index in [0.29, 0.717) is 35.2 Å². The molecule has 0 unspecified atom stereocenters. The number of carbonyl (C=O) groups excluding carboxylic acids is 1. The summed E-state index contributed by atoms with van der Waals surface area (Å²) in [4.78, 5) is 12.5. The lowest BCUT2D eigenvalue weighted by atomic mass is 10.1. The van der Waals surface area contributed by atoms with Gasteiger partial charge in [0.25, 0.3) is 5.91 Å². The molecule has 2 rings (SSSR count). The van der Waals surface area contributed by atoms with Crippen LogP contribution in [-0.2, 0) is 11.3 Å². The zero-order valence-corrected chi connectivity index (χ0v) is 14.2. The third-order valence-corrected chi connectivity index (χ3v) is 3.69. The Balaban J connectivity index is 2.23. The Morgan fingerprint density at radius 1 is 1.22 bits per heavy atom. The van der Waals surface area contributed by atoms with Crippen LogP contribution >= 0.6 is 11.6 Å². The van der Waals surface area contributed by atoms with Crippen LogP contribution in [0.5, 0.6) is 5.75 Å². The maximum atomic E-state index is 12.5. The minimum absolute atomic E-state index is 0.198. The standard InChI is InChI=1S/C18H20ClNO3/c1-4-23-11-14-9-13(6-8-17(14)22-3)18(21)20-16-10-15(19)7-5-12(16)2/h5-10H,4,11H2,1-3H3,(H,20,21). The molecule has 2 aromatic rings. The van der Waals surface area contributed by atoms with Crippen LogP contribution in [0.1, 0.15) is 28.4 Å². The van der Waals surface area contributed by atoms with Gasteiger partial charge in [-0.15, -0.1) is 0 Å². The Labute approximate surface area is 141 Å². The van der Waals surface area contributed by atoms with Crippen LogP contribution in [0.3, 0.4) is 0 Å². The van der Waals surface area contributed by atoms with Crippen molar-refractivity contribution in [3.63, 3.8) is 0 Å². The quantitative estimate of drug-likeness (QED) is 0.849. The third-order valence-electron chi connectivity index (χ3n) is 3.45. The minimum Gasteiger partial charge on any atom is -0.496 e. The minimum atomic E-state index is -0.198. The van der Waals surface area contributed by atoms with Gasteiger partial charge in [0.15, 0.2) is 0 Å². The summed E-state index contributed by atoms with van der Waals surface area (Å²) in [6.07, 6.45) is 0. The molecule has 23 heavy (non-hydrogen) atoms. The van der Waals surface area contributed by atoms with E-state index in [4.69, 9.17) is 21.1 Å². The number of nitrogens with one attached hydrogen (secondary N) is 1. The van der Waals surface area contributed by atoms with Crippen LogP contribution in [0.2, 0.25) is 5.02 Å². The molecule has 0 aromatic heterocycles. The first-order valence-corrected chi connectivity index (χ1v) is 7.75. The molecule has 1 amide bonds. The second-order valence-electron chi connectivity index (χ2n) is 5.08. The molecule has 0 saturated heterocycles. The summed E-state index contributed by atoms with van der Waals surface area (Å²) in [7, 11) is 1.60. The van der Waals surface area contributed by atoms with Crippen molar-refractivity contribution in [3.8, 4) is 5.75 Å². The van der Waals surface area contributed by atoms with Crippen molar-refractivity contribution in [1.82, 2.24) is 0 Å². The van der Waals surface area contributed by atoms with Gasteiger partial charge in [-0.1, -0.05) is 17.7 Å². The highest BCUT2D eigenvalue weighted by Gasteiger charge is 2.12. The molecular weight excluding hydrogens is 314 g/mol. The van der Waals surface area contributed by atoms with E-state index in [0.717, 1.165) is 11.1 Å².